The third-order valence-corrected chi connectivity index (χ3v) is 4.20. The lowest BCUT2D eigenvalue weighted by atomic mass is 10.1. The Labute approximate surface area is 134 Å². The first kappa shape index (κ1) is 15.5. The Bertz CT molecular complexity index is 646. The van der Waals surface area contributed by atoms with E-state index in [-0.39, 0.29) is 11.9 Å². The van der Waals surface area contributed by atoms with E-state index in [4.69, 9.17) is 16.3 Å². The van der Waals surface area contributed by atoms with Crippen molar-refractivity contribution in [3.63, 3.8) is 0 Å². The molecular formula is C16H19ClFN3O. The Balaban J connectivity index is 1.68. The van der Waals surface area contributed by atoms with Gasteiger partial charge in [0.15, 0.2) is 0 Å². The number of halogens is 2. The fourth-order valence-electron chi connectivity index (χ4n) is 2.72. The van der Waals surface area contributed by atoms with Gasteiger partial charge in [0, 0.05) is 48.5 Å². The number of morpholine rings is 1. The smallest absolute Gasteiger partial charge is 0.124 e. The molecule has 0 N–H and O–H groups in total. The van der Waals surface area contributed by atoms with E-state index in [1.807, 2.05) is 10.9 Å². The molecule has 1 aliphatic rings. The summed E-state index contributed by atoms with van der Waals surface area (Å²) in [5, 5.41) is 4.72. The monoisotopic (exact) mass is 323 g/mol. The van der Waals surface area contributed by atoms with E-state index in [1.54, 1.807) is 6.07 Å². The van der Waals surface area contributed by atoms with E-state index in [0.717, 1.165) is 31.7 Å². The molecule has 118 valence electrons. The van der Waals surface area contributed by atoms with Crippen LogP contribution >= 0.6 is 11.6 Å². The largest absolute Gasteiger partial charge is 0.371 e. The van der Waals surface area contributed by atoms with E-state index in [1.165, 1.54) is 17.7 Å². The predicted molar refractivity (Wildman–Crippen MR) is 83.3 cm³/mol. The second kappa shape index (κ2) is 6.77. The highest BCUT2D eigenvalue weighted by molar-refractivity contribution is 6.31. The van der Waals surface area contributed by atoms with Crippen molar-refractivity contribution in [3.8, 4) is 0 Å². The molecule has 0 radical (unpaired) electrons. The quantitative estimate of drug-likeness (QED) is 0.865. The van der Waals surface area contributed by atoms with Crippen molar-refractivity contribution in [3.05, 3.63) is 52.6 Å². The molecule has 1 atom stereocenters. The zero-order valence-corrected chi connectivity index (χ0v) is 13.3. The van der Waals surface area contributed by atoms with Gasteiger partial charge in [-0.3, -0.25) is 9.58 Å². The Morgan fingerprint density at radius 2 is 2.32 bits per heavy atom. The van der Waals surface area contributed by atoms with Crippen LogP contribution in [-0.2, 0) is 17.8 Å². The number of benzene rings is 1. The standard InChI is InChI=1S/C16H19ClFN3O/c1-2-21-10-12(8-19-21)9-20-5-6-22-16(11-20)14-4-3-13(18)7-15(14)17/h3-4,7-8,10,16H,2,5-6,9,11H2,1H3. The summed E-state index contributed by atoms with van der Waals surface area (Å²) in [5.74, 6) is -0.326. The summed E-state index contributed by atoms with van der Waals surface area (Å²) >= 11 is 6.14. The third-order valence-electron chi connectivity index (χ3n) is 3.88. The van der Waals surface area contributed by atoms with E-state index in [2.05, 4.69) is 23.1 Å². The van der Waals surface area contributed by atoms with Crippen molar-refractivity contribution in [1.82, 2.24) is 14.7 Å². The summed E-state index contributed by atoms with van der Waals surface area (Å²) in [6.07, 6.45) is 3.84. The molecule has 4 nitrogen and oxygen atoms in total. The van der Waals surface area contributed by atoms with Crippen LogP contribution < -0.4 is 0 Å². The van der Waals surface area contributed by atoms with Gasteiger partial charge in [0.25, 0.3) is 0 Å². The molecule has 0 bridgehead atoms. The first-order chi connectivity index (χ1) is 10.7. The molecule has 0 spiro atoms. The van der Waals surface area contributed by atoms with Crippen molar-refractivity contribution >= 4 is 11.6 Å². The first-order valence-corrected chi connectivity index (χ1v) is 7.83. The summed E-state index contributed by atoms with van der Waals surface area (Å²) in [4.78, 5) is 2.31. The van der Waals surface area contributed by atoms with Crippen molar-refractivity contribution in [1.29, 1.82) is 0 Å². The maximum Gasteiger partial charge on any atom is 0.124 e. The Kier molecular flexibility index (Phi) is 4.76. The van der Waals surface area contributed by atoms with Crippen LogP contribution in [0.2, 0.25) is 5.02 Å². The molecule has 3 rings (SSSR count). The average molecular weight is 324 g/mol. The molecule has 2 heterocycles. The molecule has 1 aromatic heterocycles. The molecule has 1 aliphatic heterocycles. The normalized spacial score (nSPS) is 19.5. The summed E-state index contributed by atoms with van der Waals surface area (Å²) < 4.78 is 20.9. The van der Waals surface area contributed by atoms with Gasteiger partial charge in [-0.1, -0.05) is 17.7 Å². The van der Waals surface area contributed by atoms with E-state index in [9.17, 15) is 4.39 Å². The maximum atomic E-state index is 13.2. The van der Waals surface area contributed by atoms with Crippen LogP contribution in [0.4, 0.5) is 4.39 Å². The summed E-state index contributed by atoms with van der Waals surface area (Å²) in [6.45, 7) is 6.02. The summed E-state index contributed by atoms with van der Waals surface area (Å²) in [7, 11) is 0. The van der Waals surface area contributed by atoms with Crippen molar-refractivity contribution in [2.45, 2.75) is 26.1 Å². The van der Waals surface area contributed by atoms with Crippen LogP contribution in [0.5, 0.6) is 0 Å². The van der Waals surface area contributed by atoms with Gasteiger partial charge < -0.3 is 4.74 Å². The van der Waals surface area contributed by atoms with Gasteiger partial charge in [-0.2, -0.15) is 5.10 Å². The lowest BCUT2D eigenvalue weighted by Crippen LogP contribution is -2.37. The first-order valence-electron chi connectivity index (χ1n) is 7.46. The lowest BCUT2D eigenvalue weighted by Gasteiger charge is -2.33. The highest BCUT2D eigenvalue weighted by atomic mass is 35.5. The van der Waals surface area contributed by atoms with E-state index >= 15 is 0 Å². The average Bonchev–Trinajstić information content (AvgIpc) is 2.95. The third kappa shape index (κ3) is 3.48. The lowest BCUT2D eigenvalue weighted by molar-refractivity contribution is -0.0329. The van der Waals surface area contributed by atoms with Crippen molar-refractivity contribution in [2.75, 3.05) is 19.7 Å². The topological polar surface area (TPSA) is 30.3 Å². The van der Waals surface area contributed by atoms with Crippen LogP contribution in [0.1, 0.15) is 24.2 Å². The number of rotatable bonds is 4. The van der Waals surface area contributed by atoms with Crippen molar-refractivity contribution in [2.24, 2.45) is 0 Å². The van der Waals surface area contributed by atoms with Gasteiger partial charge in [0.1, 0.15) is 5.82 Å². The molecule has 0 aliphatic carbocycles. The molecule has 1 aromatic carbocycles. The highest BCUT2D eigenvalue weighted by Gasteiger charge is 2.24. The zero-order valence-electron chi connectivity index (χ0n) is 12.5. The second-order valence-electron chi connectivity index (χ2n) is 5.46. The SMILES string of the molecule is CCn1cc(CN2CCOC(c3ccc(F)cc3Cl)C2)cn1. The number of aromatic nitrogens is 2. The van der Waals surface area contributed by atoms with Gasteiger partial charge in [-0.25, -0.2) is 4.39 Å². The summed E-state index contributed by atoms with van der Waals surface area (Å²) in [6, 6.07) is 4.47. The molecule has 6 heteroatoms. The van der Waals surface area contributed by atoms with Crippen LogP contribution in [0.25, 0.3) is 0 Å². The number of nitrogens with zero attached hydrogens (tertiary/aromatic N) is 3. The molecule has 2 aromatic rings. The molecule has 22 heavy (non-hydrogen) atoms. The Morgan fingerprint density at radius 1 is 1.45 bits per heavy atom. The number of ether oxygens (including phenoxy) is 1. The molecule has 1 unspecified atom stereocenters. The minimum Gasteiger partial charge on any atom is -0.371 e. The molecule has 1 saturated heterocycles. The number of aryl methyl sites for hydroxylation is 1. The van der Waals surface area contributed by atoms with E-state index < -0.39 is 0 Å². The Morgan fingerprint density at radius 3 is 3.05 bits per heavy atom. The number of hydrogen-bond acceptors (Lipinski definition) is 3. The van der Waals surface area contributed by atoms with Gasteiger partial charge in [-0.15, -0.1) is 0 Å². The van der Waals surface area contributed by atoms with Crippen LogP contribution in [0.15, 0.2) is 30.6 Å². The zero-order chi connectivity index (χ0) is 15.5. The van der Waals surface area contributed by atoms with Gasteiger partial charge in [0.2, 0.25) is 0 Å². The fourth-order valence-corrected chi connectivity index (χ4v) is 3.01. The molecular weight excluding hydrogens is 305 g/mol. The van der Waals surface area contributed by atoms with Crippen molar-refractivity contribution < 1.29 is 9.13 Å². The minimum atomic E-state index is -0.326. The highest BCUT2D eigenvalue weighted by Crippen LogP contribution is 2.29. The van der Waals surface area contributed by atoms with Crippen LogP contribution in [0.3, 0.4) is 0 Å². The fraction of sp³-hybridized carbons (Fsp3) is 0.438. The van der Waals surface area contributed by atoms with Gasteiger partial charge >= 0.3 is 0 Å². The Hall–Kier alpha value is -1.43. The second-order valence-corrected chi connectivity index (χ2v) is 5.87. The predicted octanol–water partition coefficient (Wildman–Crippen LogP) is 3.27. The molecule has 0 saturated carbocycles. The van der Waals surface area contributed by atoms with Gasteiger partial charge in [0.05, 0.1) is 18.9 Å². The van der Waals surface area contributed by atoms with Crippen LogP contribution in [-0.4, -0.2) is 34.4 Å². The molecule has 1 fully saturated rings. The summed E-state index contributed by atoms with van der Waals surface area (Å²) in [5.41, 5.74) is 2.03. The maximum absolute atomic E-state index is 13.2. The van der Waals surface area contributed by atoms with Gasteiger partial charge in [-0.05, 0) is 19.1 Å². The minimum absolute atomic E-state index is 0.122. The van der Waals surface area contributed by atoms with E-state index in [0.29, 0.717) is 11.6 Å². The number of hydrogen-bond donors (Lipinski definition) is 0. The van der Waals surface area contributed by atoms with Crippen LogP contribution in [0, 0.1) is 5.82 Å². The molecule has 0 amide bonds.